The van der Waals surface area contributed by atoms with Crippen LogP contribution >= 0.6 is 11.8 Å². The van der Waals surface area contributed by atoms with Crippen molar-refractivity contribution < 1.29 is 4.79 Å². The van der Waals surface area contributed by atoms with Gasteiger partial charge in [-0.05, 0) is 17.7 Å². The van der Waals surface area contributed by atoms with Gasteiger partial charge < -0.3 is 0 Å². The second kappa shape index (κ2) is 1.63. The summed E-state index contributed by atoms with van der Waals surface area (Å²) in [5, 5.41) is 0.358. The van der Waals surface area contributed by atoms with Gasteiger partial charge >= 0.3 is 0 Å². The quantitative estimate of drug-likeness (QED) is 0.510. The van der Waals surface area contributed by atoms with Crippen LogP contribution in [0.2, 0.25) is 0 Å². The molecule has 0 unspecified atom stereocenters. The normalized spacial score (nSPS) is 40.4. The van der Waals surface area contributed by atoms with Gasteiger partial charge in [-0.2, -0.15) is 0 Å². The van der Waals surface area contributed by atoms with E-state index in [-0.39, 0.29) is 0 Å². The molecule has 2 fully saturated rings. The van der Waals surface area contributed by atoms with Crippen molar-refractivity contribution in [3.63, 3.8) is 0 Å². The Labute approximate surface area is 58.5 Å². The van der Waals surface area contributed by atoms with Crippen molar-refractivity contribution in [3.05, 3.63) is 11.5 Å². The highest BCUT2D eigenvalue weighted by Gasteiger charge is 2.44. The summed E-state index contributed by atoms with van der Waals surface area (Å²) < 4.78 is 0. The topological polar surface area (TPSA) is 17.1 Å². The Bertz CT molecular complexity index is 165. The van der Waals surface area contributed by atoms with Gasteiger partial charge in [0.15, 0.2) is 5.12 Å². The molecule has 1 heterocycles. The molecule has 0 amide bonds. The van der Waals surface area contributed by atoms with Crippen LogP contribution in [-0.4, -0.2) is 5.12 Å². The summed E-state index contributed by atoms with van der Waals surface area (Å²) in [5.41, 5.74) is 0. The van der Waals surface area contributed by atoms with Gasteiger partial charge in [0.1, 0.15) is 0 Å². The van der Waals surface area contributed by atoms with Crippen molar-refractivity contribution >= 4 is 16.9 Å². The van der Waals surface area contributed by atoms with E-state index in [0.29, 0.717) is 17.0 Å². The maximum atomic E-state index is 10.9. The first kappa shape index (κ1) is 5.54. The summed E-state index contributed by atoms with van der Waals surface area (Å²) in [5.74, 6) is 0.921. The van der Waals surface area contributed by atoms with E-state index in [1.54, 1.807) is 0 Å². The van der Waals surface area contributed by atoms with Gasteiger partial charge in [0, 0.05) is 11.8 Å². The number of rotatable bonds is 0. The van der Waals surface area contributed by atoms with Crippen molar-refractivity contribution in [1.82, 2.24) is 0 Å². The zero-order valence-corrected chi connectivity index (χ0v) is 5.91. The van der Waals surface area contributed by atoms with Crippen LogP contribution < -0.4 is 0 Å². The lowest BCUT2D eigenvalue weighted by Crippen LogP contribution is -2.24. The Morgan fingerprint density at radius 2 is 2.11 bits per heavy atom. The van der Waals surface area contributed by atoms with Crippen molar-refractivity contribution in [2.24, 2.45) is 11.8 Å². The molecule has 2 atom stereocenters. The number of thioether (sulfide) groups is 1. The second-order valence-corrected chi connectivity index (χ2v) is 3.81. The first-order valence-electron chi connectivity index (χ1n) is 3.19. The Hall–Kier alpha value is -0.240. The molecule has 1 saturated carbocycles. The molecule has 1 aliphatic heterocycles. The smallest absolute Gasteiger partial charge is 0.197 e. The maximum Gasteiger partial charge on any atom is 0.197 e. The number of hydrogen-bond acceptors (Lipinski definition) is 2. The summed E-state index contributed by atoms with van der Waals surface area (Å²) >= 11 is 1.37. The van der Waals surface area contributed by atoms with E-state index in [4.69, 9.17) is 0 Å². The van der Waals surface area contributed by atoms with E-state index >= 15 is 0 Å². The third-order valence-electron chi connectivity index (χ3n) is 2.22. The summed E-state index contributed by atoms with van der Waals surface area (Å²) in [6, 6.07) is 0. The monoisotopic (exact) mass is 140 g/mol. The Balaban J connectivity index is 2.26. The molecule has 1 saturated heterocycles. The van der Waals surface area contributed by atoms with E-state index in [1.165, 1.54) is 18.2 Å². The average molecular weight is 140 g/mol. The highest BCUT2D eigenvalue weighted by atomic mass is 32.2. The fraction of sp³-hybridized carbons (Fsp3) is 0.571. The maximum absolute atomic E-state index is 10.9. The SMILES string of the molecule is C=C1SC(=O)[C@H]2CC[C@@H]12. The number of carbonyl (C=O) groups excluding carboxylic acids is 1. The fourth-order valence-corrected chi connectivity index (χ4v) is 2.57. The van der Waals surface area contributed by atoms with Gasteiger partial charge in [-0.25, -0.2) is 0 Å². The minimum absolute atomic E-state index is 0.358. The Morgan fingerprint density at radius 3 is 2.33 bits per heavy atom. The van der Waals surface area contributed by atoms with Gasteiger partial charge in [0.25, 0.3) is 0 Å². The van der Waals surface area contributed by atoms with E-state index in [0.717, 1.165) is 11.3 Å². The summed E-state index contributed by atoms with van der Waals surface area (Å²) in [4.78, 5) is 12.1. The van der Waals surface area contributed by atoms with E-state index in [1.807, 2.05) is 0 Å². The van der Waals surface area contributed by atoms with E-state index in [9.17, 15) is 4.79 Å². The lowest BCUT2D eigenvalue weighted by Gasteiger charge is -2.27. The number of fused-ring (bicyclic) bond motifs is 1. The third-order valence-corrected chi connectivity index (χ3v) is 3.29. The fourth-order valence-electron chi connectivity index (χ4n) is 1.45. The zero-order chi connectivity index (χ0) is 6.43. The van der Waals surface area contributed by atoms with Crippen LogP contribution in [0.5, 0.6) is 0 Å². The molecule has 0 radical (unpaired) electrons. The molecule has 2 heteroatoms. The lowest BCUT2D eigenvalue weighted by molar-refractivity contribution is -0.117. The first-order valence-corrected chi connectivity index (χ1v) is 4.01. The van der Waals surface area contributed by atoms with Crippen molar-refractivity contribution in [2.45, 2.75) is 12.8 Å². The summed E-state index contributed by atoms with van der Waals surface area (Å²) in [6.07, 6.45) is 2.30. The lowest BCUT2D eigenvalue weighted by atomic mass is 9.75. The van der Waals surface area contributed by atoms with E-state index < -0.39 is 0 Å². The molecule has 2 aliphatic rings. The molecule has 0 aromatic carbocycles. The third kappa shape index (κ3) is 0.597. The van der Waals surface area contributed by atoms with Gasteiger partial charge in [-0.3, -0.25) is 4.79 Å². The van der Waals surface area contributed by atoms with Gasteiger partial charge in [-0.15, -0.1) is 0 Å². The molecule has 0 aromatic rings. The molecule has 0 aromatic heterocycles. The molecule has 0 bridgehead atoms. The summed E-state index contributed by atoms with van der Waals surface area (Å²) in [6.45, 7) is 3.83. The van der Waals surface area contributed by atoms with Crippen molar-refractivity contribution in [1.29, 1.82) is 0 Å². The van der Waals surface area contributed by atoms with Gasteiger partial charge in [-0.1, -0.05) is 18.3 Å². The highest BCUT2D eigenvalue weighted by Crippen LogP contribution is 2.52. The molecular formula is C7H8OS. The highest BCUT2D eigenvalue weighted by molar-refractivity contribution is 8.17. The predicted molar refractivity (Wildman–Crippen MR) is 38.0 cm³/mol. The molecule has 1 nitrogen and oxygen atoms in total. The minimum Gasteiger partial charge on any atom is -0.287 e. The minimum atomic E-state index is 0.358. The van der Waals surface area contributed by atoms with E-state index in [2.05, 4.69) is 6.58 Å². The van der Waals surface area contributed by atoms with Crippen LogP contribution in [0.15, 0.2) is 11.5 Å². The predicted octanol–water partition coefficient (Wildman–Crippen LogP) is 1.80. The van der Waals surface area contributed by atoms with Crippen LogP contribution in [0, 0.1) is 11.8 Å². The zero-order valence-electron chi connectivity index (χ0n) is 5.09. The number of carbonyl (C=O) groups is 1. The second-order valence-electron chi connectivity index (χ2n) is 2.68. The molecule has 1 aliphatic carbocycles. The van der Waals surface area contributed by atoms with Crippen LogP contribution in [0.25, 0.3) is 0 Å². The molecular weight excluding hydrogens is 132 g/mol. The van der Waals surface area contributed by atoms with Crippen LogP contribution in [0.1, 0.15) is 12.8 Å². The molecule has 0 spiro atoms. The van der Waals surface area contributed by atoms with Gasteiger partial charge in [0.05, 0.1) is 0 Å². The largest absolute Gasteiger partial charge is 0.287 e. The number of allylic oxidation sites excluding steroid dienone is 1. The van der Waals surface area contributed by atoms with Crippen LogP contribution in [0.4, 0.5) is 0 Å². The number of hydrogen-bond donors (Lipinski definition) is 0. The standard InChI is InChI=1S/C7H8OS/c1-4-5-2-3-6(5)7(8)9-4/h5-6H,1-3H2/t5-,6-/m0/s1. The van der Waals surface area contributed by atoms with Crippen molar-refractivity contribution in [3.8, 4) is 0 Å². The van der Waals surface area contributed by atoms with Gasteiger partial charge in [0.2, 0.25) is 0 Å². The molecule has 0 N–H and O–H groups in total. The first-order chi connectivity index (χ1) is 4.29. The van der Waals surface area contributed by atoms with Crippen LogP contribution in [0.3, 0.4) is 0 Å². The molecule has 48 valence electrons. The summed E-state index contributed by atoms with van der Waals surface area (Å²) in [7, 11) is 0. The molecule has 2 rings (SSSR count). The molecule has 9 heavy (non-hydrogen) atoms. The Kier molecular flexibility index (Phi) is 1.00. The van der Waals surface area contributed by atoms with Crippen molar-refractivity contribution in [2.75, 3.05) is 0 Å². The average Bonchev–Trinajstić information content (AvgIpc) is 1.73. The van der Waals surface area contributed by atoms with Crippen LogP contribution in [-0.2, 0) is 4.79 Å². The Morgan fingerprint density at radius 1 is 1.44 bits per heavy atom.